The molecule has 1 aromatic carbocycles. The first kappa shape index (κ1) is 15.8. The zero-order valence-electron chi connectivity index (χ0n) is 11.3. The van der Waals surface area contributed by atoms with Gasteiger partial charge >= 0.3 is 5.97 Å². The molecule has 110 valence electrons. The minimum absolute atomic E-state index is 0.0149. The molecule has 0 radical (unpaired) electrons. The maximum atomic E-state index is 11.9. The Labute approximate surface area is 117 Å². The highest BCUT2D eigenvalue weighted by atomic mass is 16.5. The van der Waals surface area contributed by atoms with Gasteiger partial charge in [-0.05, 0) is 12.1 Å². The van der Waals surface area contributed by atoms with E-state index in [0.717, 1.165) is 0 Å². The van der Waals surface area contributed by atoms with Gasteiger partial charge in [-0.3, -0.25) is 9.59 Å². The molecule has 1 rings (SSSR count). The lowest BCUT2D eigenvalue weighted by atomic mass is 10.1. The van der Waals surface area contributed by atoms with Crippen LogP contribution in [0.5, 0.6) is 5.75 Å². The zero-order chi connectivity index (χ0) is 15.0. The maximum Gasteiger partial charge on any atom is 0.305 e. The fourth-order valence-corrected chi connectivity index (χ4v) is 1.58. The molecule has 20 heavy (non-hydrogen) atoms. The number of carbonyl (C=O) groups excluding carboxylic acids is 1. The van der Waals surface area contributed by atoms with Crippen molar-refractivity contribution in [2.45, 2.75) is 6.42 Å². The average molecular weight is 281 g/mol. The second-order valence-electron chi connectivity index (χ2n) is 4.03. The molecular weight excluding hydrogens is 262 g/mol. The molecule has 0 saturated carbocycles. The molecule has 7 nitrogen and oxygen atoms in total. The second kappa shape index (κ2) is 8.00. The van der Waals surface area contributed by atoms with Crippen LogP contribution in [0, 0.1) is 0 Å². The van der Waals surface area contributed by atoms with Crippen molar-refractivity contribution in [3.63, 3.8) is 0 Å². The minimum atomic E-state index is -0.873. The smallest absolute Gasteiger partial charge is 0.305 e. The molecule has 5 N–H and O–H groups in total. The summed E-state index contributed by atoms with van der Waals surface area (Å²) in [6.45, 7) is 1.06. The van der Waals surface area contributed by atoms with Crippen LogP contribution in [-0.4, -0.2) is 43.7 Å². The predicted molar refractivity (Wildman–Crippen MR) is 75.1 cm³/mol. The largest absolute Gasteiger partial charge is 0.496 e. The summed E-state index contributed by atoms with van der Waals surface area (Å²) in [5.74, 6) is -0.716. The molecule has 0 aliphatic rings. The Morgan fingerprint density at radius 2 is 2.10 bits per heavy atom. The number of aliphatic carboxylic acids is 1. The van der Waals surface area contributed by atoms with Gasteiger partial charge in [0.05, 0.1) is 19.1 Å². The summed E-state index contributed by atoms with van der Waals surface area (Å²) in [5, 5.41) is 14.2. The zero-order valence-corrected chi connectivity index (χ0v) is 11.3. The van der Waals surface area contributed by atoms with Gasteiger partial charge in [-0.1, -0.05) is 0 Å². The molecule has 1 aromatic rings. The van der Waals surface area contributed by atoms with Crippen molar-refractivity contribution in [1.82, 2.24) is 5.32 Å². The molecule has 0 aliphatic heterocycles. The number of ether oxygens (including phenoxy) is 1. The van der Waals surface area contributed by atoms with Crippen molar-refractivity contribution in [3.8, 4) is 5.75 Å². The fraction of sp³-hybridized carbons (Fsp3) is 0.385. The van der Waals surface area contributed by atoms with Gasteiger partial charge < -0.3 is 26.2 Å². The third-order valence-corrected chi connectivity index (χ3v) is 2.54. The van der Waals surface area contributed by atoms with E-state index in [2.05, 4.69) is 10.6 Å². The van der Waals surface area contributed by atoms with E-state index in [1.807, 2.05) is 0 Å². The van der Waals surface area contributed by atoms with Crippen LogP contribution < -0.4 is 21.1 Å². The number of carboxylic acids is 1. The first-order chi connectivity index (χ1) is 9.58. The van der Waals surface area contributed by atoms with Crippen LogP contribution in [0.2, 0.25) is 0 Å². The molecule has 0 unspecified atom stereocenters. The molecule has 0 aromatic heterocycles. The topological polar surface area (TPSA) is 114 Å². The Balaban J connectivity index is 2.74. The Morgan fingerprint density at radius 1 is 1.35 bits per heavy atom. The third-order valence-electron chi connectivity index (χ3n) is 2.54. The molecule has 0 fully saturated rings. The van der Waals surface area contributed by atoms with Gasteiger partial charge in [0.15, 0.2) is 0 Å². The number of benzene rings is 1. The van der Waals surface area contributed by atoms with Crippen molar-refractivity contribution < 1.29 is 19.4 Å². The first-order valence-corrected chi connectivity index (χ1v) is 6.20. The summed E-state index contributed by atoms with van der Waals surface area (Å²) in [6, 6.07) is 4.97. The minimum Gasteiger partial charge on any atom is -0.496 e. The summed E-state index contributed by atoms with van der Waals surface area (Å²) in [6.07, 6.45) is 0.0149. The van der Waals surface area contributed by atoms with Gasteiger partial charge in [0.1, 0.15) is 5.75 Å². The Kier molecular flexibility index (Phi) is 6.31. The quantitative estimate of drug-likeness (QED) is 0.544. The van der Waals surface area contributed by atoms with Crippen LogP contribution in [0.1, 0.15) is 16.8 Å². The third kappa shape index (κ3) is 4.77. The van der Waals surface area contributed by atoms with Crippen molar-refractivity contribution in [2.75, 3.05) is 32.1 Å². The van der Waals surface area contributed by atoms with Gasteiger partial charge in [0.25, 0.3) is 5.91 Å². The number of hydrogen-bond acceptors (Lipinski definition) is 5. The number of nitrogens with one attached hydrogen (secondary N) is 2. The van der Waals surface area contributed by atoms with E-state index in [0.29, 0.717) is 36.6 Å². The van der Waals surface area contributed by atoms with Crippen LogP contribution >= 0.6 is 0 Å². The van der Waals surface area contributed by atoms with E-state index in [4.69, 9.17) is 15.6 Å². The van der Waals surface area contributed by atoms with Gasteiger partial charge in [0.2, 0.25) is 0 Å². The highest BCUT2D eigenvalue weighted by molar-refractivity contribution is 5.97. The van der Waals surface area contributed by atoms with E-state index in [-0.39, 0.29) is 12.3 Å². The number of anilines is 1. The van der Waals surface area contributed by atoms with E-state index in [9.17, 15) is 9.59 Å². The number of rotatable bonds is 8. The van der Waals surface area contributed by atoms with Crippen molar-refractivity contribution in [1.29, 1.82) is 0 Å². The Bertz CT molecular complexity index is 477. The molecule has 0 saturated heterocycles. The number of carbonyl (C=O) groups is 2. The standard InChI is InChI=1S/C13H19N3O4/c1-20-11-8-9(15-6-4-12(17)18)2-3-10(11)13(19)16-7-5-14/h2-3,8,15H,4-7,14H2,1H3,(H,16,19)(H,17,18). The SMILES string of the molecule is COc1cc(NCCC(=O)O)ccc1C(=O)NCCN. The molecule has 0 spiro atoms. The van der Waals surface area contributed by atoms with E-state index >= 15 is 0 Å². The number of nitrogens with two attached hydrogens (primary N) is 1. The molecular formula is C13H19N3O4. The van der Waals surface area contributed by atoms with Crippen LogP contribution in [0.15, 0.2) is 18.2 Å². The molecule has 0 atom stereocenters. The lowest BCUT2D eigenvalue weighted by molar-refractivity contribution is -0.136. The van der Waals surface area contributed by atoms with Crippen molar-refractivity contribution in [2.24, 2.45) is 5.73 Å². The Morgan fingerprint density at radius 3 is 2.70 bits per heavy atom. The lowest BCUT2D eigenvalue weighted by Crippen LogP contribution is -2.29. The van der Waals surface area contributed by atoms with Gasteiger partial charge in [-0.25, -0.2) is 0 Å². The normalized spacial score (nSPS) is 9.90. The van der Waals surface area contributed by atoms with Crippen LogP contribution in [0.25, 0.3) is 0 Å². The van der Waals surface area contributed by atoms with Crippen molar-refractivity contribution in [3.05, 3.63) is 23.8 Å². The highest BCUT2D eigenvalue weighted by Gasteiger charge is 2.12. The van der Waals surface area contributed by atoms with Crippen LogP contribution in [0.4, 0.5) is 5.69 Å². The predicted octanol–water partition coefficient (Wildman–Crippen LogP) is 0.270. The number of carboxylic acid groups (broad SMARTS) is 1. The van der Waals surface area contributed by atoms with Gasteiger partial charge in [0, 0.05) is 31.4 Å². The number of methoxy groups -OCH3 is 1. The van der Waals surface area contributed by atoms with Gasteiger partial charge in [-0.2, -0.15) is 0 Å². The molecule has 0 aliphatic carbocycles. The molecule has 1 amide bonds. The summed E-state index contributed by atoms with van der Waals surface area (Å²) in [4.78, 5) is 22.3. The van der Waals surface area contributed by atoms with Gasteiger partial charge in [-0.15, -0.1) is 0 Å². The summed E-state index contributed by atoms with van der Waals surface area (Å²) in [7, 11) is 1.47. The summed E-state index contributed by atoms with van der Waals surface area (Å²) >= 11 is 0. The van der Waals surface area contributed by atoms with Crippen LogP contribution in [-0.2, 0) is 4.79 Å². The fourth-order valence-electron chi connectivity index (χ4n) is 1.58. The second-order valence-corrected chi connectivity index (χ2v) is 4.03. The van der Waals surface area contributed by atoms with Crippen molar-refractivity contribution >= 4 is 17.6 Å². The number of hydrogen-bond donors (Lipinski definition) is 4. The van der Waals surface area contributed by atoms with E-state index < -0.39 is 5.97 Å². The summed E-state index contributed by atoms with van der Waals surface area (Å²) in [5.41, 5.74) is 6.43. The molecule has 7 heteroatoms. The van der Waals surface area contributed by atoms with E-state index in [1.165, 1.54) is 7.11 Å². The Hall–Kier alpha value is -2.28. The van der Waals surface area contributed by atoms with Crippen LogP contribution in [0.3, 0.4) is 0 Å². The average Bonchev–Trinajstić information content (AvgIpc) is 2.44. The highest BCUT2D eigenvalue weighted by Crippen LogP contribution is 2.23. The monoisotopic (exact) mass is 281 g/mol. The summed E-state index contributed by atoms with van der Waals surface area (Å²) < 4.78 is 5.17. The molecule has 0 bridgehead atoms. The molecule has 0 heterocycles. The van der Waals surface area contributed by atoms with E-state index in [1.54, 1.807) is 18.2 Å². The lowest BCUT2D eigenvalue weighted by Gasteiger charge is -2.11. The first-order valence-electron chi connectivity index (χ1n) is 6.20. The number of amides is 1. The maximum absolute atomic E-state index is 11.9.